The summed E-state index contributed by atoms with van der Waals surface area (Å²) in [5.41, 5.74) is 0.838. The first-order valence-corrected chi connectivity index (χ1v) is 10.2. The SMILES string of the molecule is CCCCN(CC)CCCNS(=O)(=O)c1ccc2oc(=O)n(C)c2c1. The van der Waals surface area contributed by atoms with Crippen LogP contribution >= 0.6 is 0 Å². The van der Waals surface area contributed by atoms with Gasteiger partial charge in [-0.15, -0.1) is 0 Å². The van der Waals surface area contributed by atoms with Gasteiger partial charge >= 0.3 is 5.76 Å². The van der Waals surface area contributed by atoms with Crippen molar-refractivity contribution in [3.63, 3.8) is 0 Å². The molecule has 2 aromatic rings. The number of unbranched alkanes of at least 4 members (excludes halogenated alkanes) is 1. The van der Waals surface area contributed by atoms with E-state index in [-0.39, 0.29) is 4.90 Å². The van der Waals surface area contributed by atoms with Gasteiger partial charge in [-0.1, -0.05) is 20.3 Å². The predicted octanol–water partition coefficient (Wildman–Crippen LogP) is 1.92. The van der Waals surface area contributed by atoms with Gasteiger partial charge in [0.2, 0.25) is 10.0 Å². The van der Waals surface area contributed by atoms with Gasteiger partial charge in [-0.25, -0.2) is 17.9 Å². The highest BCUT2D eigenvalue weighted by Crippen LogP contribution is 2.17. The molecule has 0 saturated carbocycles. The Kier molecular flexibility index (Phi) is 6.80. The van der Waals surface area contributed by atoms with Crippen LogP contribution in [0.2, 0.25) is 0 Å². The number of sulfonamides is 1. The van der Waals surface area contributed by atoms with Gasteiger partial charge in [0.05, 0.1) is 10.4 Å². The Morgan fingerprint density at radius 1 is 1.20 bits per heavy atom. The summed E-state index contributed by atoms with van der Waals surface area (Å²) in [7, 11) is -2.06. The van der Waals surface area contributed by atoms with Crippen molar-refractivity contribution in [3.05, 3.63) is 28.7 Å². The second kappa shape index (κ2) is 8.64. The molecule has 25 heavy (non-hydrogen) atoms. The zero-order chi connectivity index (χ0) is 18.4. The minimum absolute atomic E-state index is 0.134. The summed E-state index contributed by atoms with van der Waals surface area (Å²) in [6.07, 6.45) is 3.06. The van der Waals surface area contributed by atoms with Crippen molar-refractivity contribution in [2.45, 2.75) is 38.0 Å². The first kappa shape index (κ1) is 19.7. The quantitative estimate of drug-likeness (QED) is 0.647. The van der Waals surface area contributed by atoms with E-state index in [0.29, 0.717) is 17.6 Å². The predicted molar refractivity (Wildman–Crippen MR) is 98.3 cm³/mol. The number of aryl methyl sites for hydroxylation is 1. The van der Waals surface area contributed by atoms with Gasteiger partial charge in [0.25, 0.3) is 0 Å². The molecule has 0 saturated heterocycles. The summed E-state index contributed by atoms with van der Waals surface area (Å²) in [6.45, 7) is 7.54. The molecule has 0 fully saturated rings. The summed E-state index contributed by atoms with van der Waals surface area (Å²) in [5.74, 6) is -0.510. The van der Waals surface area contributed by atoms with E-state index in [1.165, 1.54) is 22.8 Å². The Hall–Kier alpha value is -1.64. The van der Waals surface area contributed by atoms with E-state index < -0.39 is 15.8 Å². The Balaban J connectivity index is 1.97. The number of hydrogen-bond acceptors (Lipinski definition) is 5. The lowest BCUT2D eigenvalue weighted by atomic mass is 10.3. The Morgan fingerprint density at radius 3 is 2.60 bits per heavy atom. The molecule has 1 N–H and O–H groups in total. The van der Waals surface area contributed by atoms with E-state index >= 15 is 0 Å². The standard InChI is InChI=1S/C17H27N3O4S/c1-4-6-11-20(5-2)12-7-10-18-25(22,23)14-8-9-16-15(13-14)19(3)17(21)24-16/h8-9,13,18H,4-7,10-12H2,1-3H3. The highest BCUT2D eigenvalue weighted by Gasteiger charge is 2.16. The normalized spacial score (nSPS) is 12.3. The molecule has 0 atom stereocenters. The second-order valence-electron chi connectivity index (χ2n) is 6.10. The summed E-state index contributed by atoms with van der Waals surface area (Å²) in [6, 6.07) is 4.42. The fourth-order valence-electron chi connectivity index (χ4n) is 2.68. The minimum atomic E-state index is -3.61. The van der Waals surface area contributed by atoms with E-state index in [1.807, 2.05) is 0 Å². The lowest BCUT2D eigenvalue weighted by molar-refractivity contribution is 0.280. The molecule has 7 nitrogen and oxygen atoms in total. The van der Waals surface area contributed by atoms with Gasteiger partial charge in [-0.3, -0.25) is 4.57 Å². The largest absolute Gasteiger partial charge is 0.419 e. The fraction of sp³-hybridized carbons (Fsp3) is 0.588. The third kappa shape index (κ3) is 4.93. The topological polar surface area (TPSA) is 84.6 Å². The summed E-state index contributed by atoms with van der Waals surface area (Å²) in [4.78, 5) is 14.0. The maximum absolute atomic E-state index is 12.4. The summed E-state index contributed by atoms with van der Waals surface area (Å²) < 4.78 is 33.8. The van der Waals surface area contributed by atoms with Crippen LogP contribution in [0.1, 0.15) is 33.1 Å². The monoisotopic (exact) mass is 369 g/mol. The highest BCUT2D eigenvalue weighted by atomic mass is 32.2. The number of nitrogens with zero attached hydrogens (tertiary/aromatic N) is 2. The molecule has 8 heteroatoms. The maximum atomic E-state index is 12.4. The van der Waals surface area contributed by atoms with Crippen molar-refractivity contribution < 1.29 is 12.8 Å². The van der Waals surface area contributed by atoms with Crippen LogP contribution in [-0.4, -0.2) is 44.1 Å². The fourth-order valence-corrected chi connectivity index (χ4v) is 3.77. The van der Waals surface area contributed by atoms with Gasteiger partial charge in [0, 0.05) is 13.6 Å². The lowest BCUT2D eigenvalue weighted by Gasteiger charge is -2.19. The van der Waals surface area contributed by atoms with Crippen LogP contribution in [0.25, 0.3) is 11.1 Å². The zero-order valence-electron chi connectivity index (χ0n) is 15.1. The van der Waals surface area contributed by atoms with E-state index in [1.54, 1.807) is 7.05 Å². The number of aromatic nitrogens is 1. The number of benzene rings is 1. The van der Waals surface area contributed by atoms with E-state index in [4.69, 9.17) is 4.42 Å². The Labute approximate surface area is 148 Å². The van der Waals surface area contributed by atoms with Crippen molar-refractivity contribution in [3.8, 4) is 0 Å². The van der Waals surface area contributed by atoms with Crippen molar-refractivity contribution in [2.24, 2.45) is 7.05 Å². The average molecular weight is 369 g/mol. The van der Waals surface area contributed by atoms with E-state index in [2.05, 4.69) is 23.5 Å². The minimum Gasteiger partial charge on any atom is -0.408 e. The van der Waals surface area contributed by atoms with E-state index in [0.717, 1.165) is 38.9 Å². The smallest absolute Gasteiger partial charge is 0.408 e. The van der Waals surface area contributed by atoms with Crippen LogP contribution in [-0.2, 0) is 17.1 Å². The summed E-state index contributed by atoms with van der Waals surface area (Å²) >= 11 is 0. The average Bonchev–Trinajstić information content (AvgIpc) is 2.88. The molecule has 1 heterocycles. The molecule has 0 amide bonds. The highest BCUT2D eigenvalue weighted by molar-refractivity contribution is 7.89. The molecule has 140 valence electrons. The molecule has 1 aromatic carbocycles. The molecule has 0 bridgehead atoms. The third-order valence-electron chi connectivity index (χ3n) is 4.29. The number of fused-ring (bicyclic) bond motifs is 1. The first-order chi connectivity index (χ1) is 11.9. The van der Waals surface area contributed by atoms with Crippen LogP contribution in [0.5, 0.6) is 0 Å². The molecule has 0 radical (unpaired) electrons. The van der Waals surface area contributed by atoms with Gasteiger partial charge in [-0.05, 0) is 50.7 Å². The van der Waals surface area contributed by atoms with Crippen LogP contribution in [0.4, 0.5) is 0 Å². The number of hydrogen-bond donors (Lipinski definition) is 1. The van der Waals surface area contributed by atoms with Crippen LogP contribution in [0.15, 0.2) is 32.3 Å². The maximum Gasteiger partial charge on any atom is 0.419 e. The molecule has 0 unspecified atom stereocenters. The second-order valence-corrected chi connectivity index (χ2v) is 7.86. The van der Waals surface area contributed by atoms with Crippen LogP contribution in [0, 0.1) is 0 Å². The lowest BCUT2D eigenvalue weighted by Crippen LogP contribution is -2.30. The Morgan fingerprint density at radius 2 is 1.92 bits per heavy atom. The Bertz CT molecular complexity index is 854. The van der Waals surface area contributed by atoms with Crippen molar-refractivity contribution in [2.75, 3.05) is 26.2 Å². The molecule has 1 aromatic heterocycles. The molecule has 0 aliphatic heterocycles. The van der Waals surface area contributed by atoms with Crippen molar-refractivity contribution in [1.29, 1.82) is 0 Å². The van der Waals surface area contributed by atoms with Crippen LogP contribution in [0.3, 0.4) is 0 Å². The van der Waals surface area contributed by atoms with Crippen LogP contribution < -0.4 is 10.5 Å². The third-order valence-corrected chi connectivity index (χ3v) is 5.75. The van der Waals surface area contributed by atoms with Crippen molar-refractivity contribution in [1.82, 2.24) is 14.2 Å². The van der Waals surface area contributed by atoms with Crippen molar-refractivity contribution >= 4 is 21.1 Å². The number of oxazole rings is 1. The molecule has 2 rings (SSSR count). The van der Waals surface area contributed by atoms with Gasteiger partial charge < -0.3 is 9.32 Å². The molecular formula is C17H27N3O4S. The van der Waals surface area contributed by atoms with E-state index in [9.17, 15) is 13.2 Å². The van der Waals surface area contributed by atoms with Gasteiger partial charge in [0.15, 0.2) is 5.58 Å². The van der Waals surface area contributed by atoms with Gasteiger partial charge in [0.1, 0.15) is 0 Å². The number of rotatable bonds is 10. The first-order valence-electron chi connectivity index (χ1n) is 8.70. The molecule has 0 aliphatic rings. The molecule has 0 spiro atoms. The molecular weight excluding hydrogens is 342 g/mol. The molecule has 0 aliphatic carbocycles. The summed E-state index contributed by atoms with van der Waals surface area (Å²) in [5, 5.41) is 0. The zero-order valence-corrected chi connectivity index (χ0v) is 15.9. The van der Waals surface area contributed by atoms with Gasteiger partial charge in [-0.2, -0.15) is 0 Å². The number of nitrogens with one attached hydrogen (secondary N) is 1.